The average molecular weight is 265 g/mol. The fourth-order valence-electron chi connectivity index (χ4n) is 2.53. The Labute approximate surface area is 115 Å². The molecule has 1 unspecified atom stereocenters. The standard InChI is InChI=1S/C16H24FNO/c1-12-6-7-14(10-15(12)17)16(19)8-9-18(2)11-13-4-3-5-13/h6-7,10,13,16,19H,3-5,8-9,11H2,1-2H3. The number of hydrogen-bond acceptors (Lipinski definition) is 2. The van der Waals surface area contributed by atoms with Gasteiger partial charge in [0.2, 0.25) is 0 Å². The third kappa shape index (κ3) is 4.02. The first kappa shape index (κ1) is 14.5. The van der Waals surface area contributed by atoms with Gasteiger partial charge in [-0.15, -0.1) is 0 Å². The highest BCUT2D eigenvalue weighted by Crippen LogP contribution is 2.27. The van der Waals surface area contributed by atoms with Crippen LogP contribution in [0.1, 0.15) is 42.9 Å². The van der Waals surface area contributed by atoms with Gasteiger partial charge in [-0.25, -0.2) is 4.39 Å². The SMILES string of the molecule is Cc1ccc(C(O)CCN(C)CC2CCC2)cc1F. The minimum atomic E-state index is -0.570. The summed E-state index contributed by atoms with van der Waals surface area (Å²) in [6, 6.07) is 4.99. The second kappa shape index (κ2) is 6.49. The first-order chi connectivity index (χ1) is 9.06. The van der Waals surface area contributed by atoms with Gasteiger partial charge in [-0.3, -0.25) is 0 Å². The van der Waals surface area contributed by atoms with E-state index < -0.39 is 6.10 Å². The van der Waals surface area contributed by atoms with Crippen LogP contribution in [0.2, 0.25) is 0 Å². The predicted octanol–water partition coefficient (Wildman–Crippen LogP) is 3.29. The van der Waals surface area contributed by atoms with Crippen LogP contribution in [0, 0.1) is 18.7 Å². The molecule has 1 aliphatic carbocycles. The van der Waals surface area contributed by atoms with Crippen LogP contribution in [0.4, 0.5) is 4.39 Å². The summed E-state index contributed by atoms with van der Waals surface area (Å²) < 4.78 is 13.4. The van der Waals surface area contributed by atoms with Gasteiger partial charge < -0.3 is 10.0 Å². The summed E-state index contributed by atoms with van der Waals surface area (Å²) in [5.41, 5.74) is 1.30. The molecule has 106 valence electrons. The van der Waals surface area contributed by atoms with Crippen molar-refractivity contribution in [3.8, 4) is 0 Å². The van der Waals surface area contributed by atoms with Crippen LogP contribution in [0.25, 0.3) is 0 Å². The van der Waals surface area contributed by atoms with Crippen molar-refractivity contribution in [2.75, 3.05) is 20.1 Å². The molecule has 1 N–H and O–H groups in total. The number of benzene rings is 1. The predicted molar refractivity (Wildman–Crippen MR) is 75.6 cm³/mol. The van der Waals surface area contributed by atoms with E-state index in [-0.39, 0.29) is 5.82 Å². The molecule has 1 atom stereocenters. The van der Waals surface area contributed by atoms with Gasteiger partial charge in [0.15, 0.2) is 0 Å². The van der Waals surface area contributed by atoms with Gasteiger partial charge in [0.25, 0.3) is 0 Å². The number of hydrogen-bond donors (Lipinski definition) is 1. The fourth-order valence-corrected chi connectivity index (χ4v) is 2.53. The molecule has 1 aromatic carbocycles. The molecule has 0 heterocycles. The van der Waals surface area contributed by atoms with E-state index in [1.165, 1.54) is 25.3 Å². The summed E-state index contributed by atoms with van der Waals surface area (Å²) >= 11 is 0. The van der Waals surface area contributed by atoms with E-state index in [9.17, 15) is 9.50 Å². The van der Waals surface area contributed by atoms with Gasteiger partial charge in [0.1, 0.15) is 5.82 Å². The van der Waals surface area contributed by atoms with Crippen molar-refractivity contribution < 1.29 is 9.50 Å². The number of nitrogens with zero attached hydrogens (tertiary/aromatic N) is 1. The molecule has 0 saturated heterocycles. The number of halogens is 1. The molecule has 0 spiro atoms. The van der Waals surface area contributed by atoms with Crippen molar-refractivity contribution in [1.82, 2.24) is 4.90 Å². The summed E-state index contributed by atoms with van der Waals surface area (Å²) in [4.78, 5) is 2.28. The van der Waals surface area contributed by atoms with Crippen LogP contribution in [-0.2, 0) is 0 Å². The van der Waals surface area contributed by atoms with Gasteiger partial charge >= 0.3 is 0 Å². The quantitative estimate of drug-likeness (QED) is 0.853. The highest BCUT2D eigenvalue weighted by molar-refractivity contribution is 5.24. The van der Waals surface area contributed by atoms with E-state index in [0.717, 1.165) is 19.0 Å². The Morgan fingerprint density at radius 3 is 2.74 bits per heavy atom. The van der Waals surface area contributed by atoms with E-state index in [0.29, 0.717) is 17.5 Å². The van der Waals surface area contributed by atoms with Crippen LogP contribution in [0.15, 0.2) is 18.2 Å². The molecule has 1 aromatic rings. The second-order valence-electron chi connectivity index (χ2n) is 5.87. The first-order valence-electron chi connectivity index (χ1n) is 7.19. The number of rotatable bonds is 6. The normalized spacial score (nSPS) is 17.5. The lowest BCUT2D eigenvalue weighted by atomic mass is 9.85. The zero-order chi connectivity index (χ0) is 13.8. The lowest BCUT2D eigenvalue weighted by Gasteiger charge is -2.30. The zero-order valence-corrected chi connectivity index (χ0v) is 11.9. The second-order valence-corrected chi connectivity index (χ2v) is 5.87. The number of aryl methyl sites for hydroxylation is 1. The summed E-state index contributed by atoms with van der Waals surface area (Å²) in [6.45, 7) is 3.71. The van der Waals surface area contributed by atoms with Crippen LogP contribution in [-0.4, -0.2) is 30.1 Å². The summed E-state index contributed by atoms with van der Waals surface area (Å²) in [5, 5.41) is 10.1. The molecule has 0 amide bonds. The van der Waals surface area contributed by atoms with Gasteiger partial charge in [-0.1, -0.05) is 18.6 Å². The van der Waals surface area contributed by atoms with Gasteiger partial charge in [-0.2, -0.15) is 0 Å². The van der Waals surface area contributed by atoms with E-state index in [1.807, 2.05) is 6.07 Å². The molecule has 0 bridgehead atoms. The van der Waals surface area contributed by atoms with Gasteiger partial charge in [-0.05, 0) is 56.3 Å². The van der Waals surface area contributed by atoms with Crippen LogP contribution in [0.3, 0.4) is 0 Å². The summed E-state index contributed by atoms with van der Waals surface area (Å²) in [5.74, 6) is 0.610. The zero-order valence-electron chi connectivity index (χ0n) is 11.9. The van der Waals surface area contributed by atoms with Crippen LogP contribution >= 0.6 is 0 Å². The molecule has 2 nitrogen and oxygen atoms in total. The molecular weight excluding hydrogens is 241 g/mol. The van der Waals surface area contributed by atoms with Crippen LogP contribution in [0.5, 0.6) is 0 Å². The number of aliphatic hydroxyl groups is 1. The monoisotopic (exact) mass is 265 g/mol. The van der Waals surface area contributed by atoms with Crippen LogP contribution < -0.4 is 0 Å². The van der Waals surface area contributed by atoms with E-state index in [4.69, 9.17) is 0 Å². The Morgan fingerprint density at radius 2 is 2.16 bits per heavy atom. The third-order valence-corrected chi connectivity index (χ3v) is 4.16. The molecule has 3 heteroatoms. The Kier molecular flexibility index (Phi) is 4.94. The average Bonchev–Trinajstić information content (AvgIpc) is 2.34. The molecule has 1 saturated carbocycles. The van der Waals surface area contributed by atoms with E-state index in [2.05, 4.69) is 11.9 Å². The maximum atomic E-state index is 13.4. The third-order valence-electron chi connectivity index (χ3n) is 4.16. The van der Waals surface area contributed by atoms with Crippen molar-refractivity contribution in [3.63, 3.8) is 0 Å². The molecule has 1 fully saturated rings. The van der Waals surface area contributed by atoms with Crippen molar-refractivity contribution in [2.24, 2.45) is 5.92 Å². The molecule has 1 aliphatic rings. The first-order valence-corrected chi connectivity index (χ1v) is 7.19. The minimum absolute atomic E-state index is 0.237. The van der Waals surface area contributed by atoms with Crippen molar-refractivity contribution in [2.45, 2.75) is 38.7 Å². The lowest BCUT2D eigenvalue weighted by Crippen LogP contribution is -2.30. The van der Waals surface area contributed by atoms with Crippen molar-refractivity contribution >= 4 is 0 Å². The molecule has 19 heavy (non-hydrogen) atoms. The maximum absolute atomic E-state index is 13.4. The van der Waals surface area contributed by atoms with Gasteiger partial charge in [0.05, 0.1) is 6.10 Å². The van der Waals surface area contributed by atoms with E-state index >= 15 is 0 Å². The van der Waals surface area contributed by atoms with E-state index in [1.54, 1.807) is 13.0 Å². The minimum Gasteiger partial charge on any atom is -0.388 e. The topological polar surface area (TPSA) is 23.5 Å². The smallest absolute Gasteiger partial charge is 0.126 e. The lowest BCUT2D eigenvalue weighted by molar-refractivity contribution is 0.135. The van der Waals surface area contributed by atoms with Crippen molar-refractivity contribution in [1.29, 1.82) is 0 Å². The molecule has 0 aliphatic heterocycles. The molecule has 0 radical (unpaired) electrons. The maximum Gasteiger partial charge on any atom is 0.126 e. The largest absolute Gasteiger partial charge is 0.388 e. The summed E-state index contributed by atoms with van der Waals surface area (Å²) in [6.07, 6.45) is 4.14. The Hall–Kier alpha value is -0.930. The highest BCUT2D eigenvalue weighted by atomic mass is 19.1. The Morgan fingerprint density at radius 1 is 1.42 bits per heavy atom. The van der Waals surface area contributed by atoms with Gasteiger partial charge in [0, 0.05) is 13.1 Å². The molecular formula is C16H24FNO. The molecule has 2 rings (SSSR count). The Balaban J connectivity index is 1.79. The van der Waals surface area contributed by atoms with Crippen molar-refractivity contribution in [3.05, 3.63) is 35.1 Å². The molecule has 0 aromatic heterocycles. The fraction of sp³-hybridized carbons (Fsp3) is 0.625. The highest BCUT2D eigenvalue weighted by Gasteiger charge is 2.19. The number of aliphatic hydroxyl groups excluding tert-OH is 1. The summed E-state index contributed by atoms with van der Waals surface area (Å²) in [7, 11) is 2.10. The Bertz CT molecular complexity index is 417.